The fourth-order valence-corrected chi connectivity index (χ4v) is 2.98. The molecular formula is C21H19N3O3. The van der Waals surface area contributed by atoms with Crippen LogP contribution in [0.2, 0.25) is 0 Å². The molecule has 1 aliphatic rings. The maximum atomic E-state index is 12.8. The lowest BCUT2D eigenvalue weighted by molar-refractivity contribution is 0.0949. The van der Waals surface area contributed by atoms with E-state index in [-0.39, 0.29) is 23.4 Å². The molecule has 0 aliphatic heterocycles. The zero-order valence-electron chi connectivity index (χ0n) is 14.8. The van der Waals surface area contributed by atoms with E-state index in [0.29, 0.717) is 27.7 Å². The number of anilines is 1. The summed E-state index contributed by atoms with van der Waals surface area (Å²) in [4.78, 5) is 39.7. The van der Waals surface area contributed by atoms with E-state index >= 15 is 0 Å². The lowest BCUT2D eigenvalue weighted by atomic mass is 10.1. The van der Waals surface area contributed by atoms with Crippen LogP contribution >= 0.6 is 0 Å². The number of pyridine rings is 1. The van der Waals surface area contributed by atoms with Crippen LogP contribution in [0.1, 0.15) is 39.1 Å². The first-order valence-corrected chi connectivity index (χ1v) is 8.86. The summed E-state index contributed by atoms with van der Waals surface area (Å²) in [5, 5.41) is 6.44. The van der Waals surface area contributed by atoms with Crippen LogP contribution in [0.3, 0.4) is 0 Å². The van der Waals surface area contributed by atoms with Crippen LogP contribution in [0.15, 0.2) is 53.3 Å². The van der Waals surface area contributed by atoms with Crippen LogP contribution in [0, 0.1) is 6.92 Å². The minimum atomic E-state index is -0.389. The van der Waals surface area contributed by atoms with E-state index in [2.05, 4.69) is 15.6 Å². The van der Waals surface area contributed by atoms with Crippen LogP contribution in [0.5, 0.6) is 0 Å². The van der Waals surface area contributed by atoms with Crippen molar-refractivity contribution in [3.05, 3.63) is 75.6 Å². The Balaban J connectivity index is 1.65. The highest BCUT2D eigenvalue weighted by atomic mass is 16.2. The molecule has 1 fully saturated rings. The van der Waals surface area contributed by atoms with Crippen molar-refractivity contribution in [2.45, 2.75) is 25.8 Å². The molecule has 136 valence electrons. The number of nitrogens with one attached hydrogen (secondary N) is 3. The third-order valence-corrected chi connectivity index (χ3v) is 4.66. The zero-order chi connectivity index (χ0) is 19.0. The van der Waals surface area contributed by atoms with E-state index in [9.17, 15) is 14.4 Å². The smallest absolute Gasteiger partial charge is 0.256 e. The Kier molecular flexibility index (Phi) is 4.24. The van der Waals surface area contributed by atoms with Crippen LogP contribution in [-0.4, -0.2) is 22.8 Å². The molecule has 27 heavy (non-hydrogen) atoms. The lowest BCUT2D eigenvalue weighted by Crippen LogP contribution is -2.25. The Morgan fingerprint density at radius 1 is 1.04 bits per heavy atom. The van der Waals surface area contributed by atoms with Gasteiger partial charge in [-0.1, -0.05) is 24.3 Å². The van der Waals surface area contributed by atoms with Crippen molar-refractivity contribution < 1.29 is 9.59 Å². The van der Waals surface area contributed by atoms with Crippen molar-refractivity contribution in [3.63, 3.8) is 0 Å². The number of rotatable bonds is 4. The summed E-state index contributed by atoms with van der Waals surface area (Å²) < 4.78 is 0. The minimum Gasteiger partial charge on any atom is -0.349 e. The molecule has 0 unspecified atom stereocenters. The number of H-pyrrole nitrogens is 1. The molecule has 1 saturated carbocycles. The Bertz CT molecular complexity index is 1110. The van der Waals surface area contributed by atoms with Gasteiger partial charge in [0.15, 0.2) is 0 Å². The molecule has 2 amide bonds. The van der Waals surface area contributed by atoms with Gasteiger partial charge in [0.25, 0.3) is 11.8 Å². The normalized spacial score (nSPS) is 13.4. The number of benzene rings is 2. The average molecular weight is 361 g/mol. The Hall–Kier alpha value is -3.41. The number of carbonyl (C=O) groups is 2. The van der Waals surface area contributed by atoms with Gasteiger partial charge in [0.05, 0.1) is 5.56 Å². The summed E-state index contributed by atoms with van der Waals surface area (Å²) in [5.41, 5.74) is 2.44. The maximum absolute atomic E-state index is 12.8. The molecule has 0 bridgehead atoms. The van der Waals surface area contributed by atoms with Gasteiger partial charge in [0.2, 0.25) is 5.56 Å². The van der Waals surface area contributed by atoms with E-state index in [1.54, 1.807) is 36.4 Å². The first-order valence-electron chi connectivity index (χ1n) is 8.86. The molecule has 0 atom stereocenters. The Morgan fingerprint density at radius 3 is 2.59 bits per heavy atom. The van der Waals surface area contributed by atoms with E-state index in [4.69, 9.17) is 0 Å². The quantitative estimate of drug-likeness (QED) is 0.667. The highest BCUT2D eigenvalue weighted by Crippen LogP contribution is 2.22. The summed E-state index contributed by atoms with van der Waals surface area (Å²) in [5.74, 6) is -0.533. The van der Waals surface area contributed by atoms with Crippen molar-refractivity contribution >= 4 is 28.4 Å². The second-order valence-electron chi connectivity index (χ2n) is 6.82. The van der Waals surface area contributed by atoms with Crippen LogP contribution in [0.25, 0.3) is 10.9 Å². The molecule has 1 heterocycles. The van der Waals surface area contributed by atoms with Crippen LogP contribution in [-0.2, 0) is 0 Å². The maximum Gasteiger partial charge on any atom is 0.256 e. The topological polar surface area (TPSA) is 91.1 Å². The first-order chi connectivity index (χ1) is 13.0. The first kappa shape index (κ1) is 17.0. The van der Waals surface area contributed by atoms with Gasteiger partial charge in [-0.25, -0.2) is 0 Å². The van der Waals surface area contributed by atoms with Gasteiger partial charge >= 0.3 is 0 Å². The molecule has 0 radical (unpaired) electrons. The standard InChI is InChI=1S/C21H19N3O3/c1-12-6-7-13(20(26)22-14-8-9-14)10-18(12)24-21(27)16-11-19(25)23-17-5-3-2-4-15(16)17/h2-7,10-11,14H,8-9H2,1H3,(H,22,26)(H,23,25)(H,24,27). The molecule has 6 nitrogen and oxygen atoms in total. The second kappa shape index (κ2) is 6.72. The lowest BCUT2D eigenvalue weighted by Gasteiger charge is -2.12. The molecule has 2 aromatic carbocycles. The van der Waals surface area contributed by atoms with Gasteiger partial charge in [0.1, 0.15) is 0 Å². The fraction of sp³-hybridized carbons (Fsp3) is 0.190. The number of aromatic amines is 1. The van der Waals surface area contributed by atoms with E-state index in [1.165, 1.54) is 6.07 Å². The van der Waals surface area contributed by atoms with Gasteiger partial charge in [-0.3, -0.25) is 14.4 Å². The summed E-state index contributed by atoms with van der Waals surface area (Å²) in [6.07, 6.45) is 2.02. The largest absolute Gasteiger partial charge is 0.349 e. The van der Waals surface area contributed by atoms with E-state index in [0.717, 1.165) is 18.4 Å². The predicted molar refractivity (Wildman–Crippen MR) is 104 cm³/mol. The molecule has 0 spiro atoms. The van der Waals surface area contributed by atoms with Crippen molar-refractivity contribution in [1.29, 1.82) is 0 Å². The molecule has 0 saturated heterocycles. The number of hydrogen-bond donors (Lipinski definition) is 3. The molecule has 4 rings (SSSR count). The van der Waals surface area contributed by atoms with Crippen molar-refractivity contribution in [2.24, 2.45) is 0 Å². The Morgan fingerprint density at radius 2 is 1.81 bits per heavy atom. The predicted octanol–water partition coefficient (Wildman–Crippen LogP) is 2.98. The van der Waals surface area contributed by atoms with Crippen molar-refractivity contribution in [2.75, 3.05) is 5.32 Å². The summed E-state index contributed by atoms with van der Waals surface area (Å²) >= 11 is 0. The highest BCUT2D eigenvalue weighted by molar-refractivity contribution is 6.12. The van der Waals surface area contributed by atoms with Gasteiger partial charge in [-0.05, 0) is 43.5 Å². The number of aryl methyl sites for hydroxylation is 1. The number of carbonyl (C=O) groups excluding carboxylic acids is 2. The van der Waals surface area contributed by atoms with E-state index in [1.807, 2.05) is 13.0 Å². The molecular weight excluding hydrogens is 342 g/mol. The number of aromatic nitrogens is 1. The molecule has 1 aliphatic carbocycles. The monoisotopic (exact) mass is 361 g/mol. The van der Waals surface area contributed by atoms with Gasteiger partial charge in [0, 0.05) is 34.3 Å². The van der Waals surface area contributed by atoms with E-state index < -0.39 is 0 Å². The van der Waals surface area contributed by atoms with Gasteiger partial charge < -0.3 is 15.6 Å². The number of fused-ring (bicyclic) bond motifs is 1. The zero-order valence-corrected chi connectivity index (χ0v) is 14.8. The fourth-order valence-electron chi connectivity index (χ4n) is 2.98. The van der Waals surface area contributed by atoms with Crippen molar-refractivity contribution in [3.8, 4) is 0 Å². The highest BCUT2D eigenvalue weighted by Gasteiger charge is 2.24. The Labute approximate surface area is 155 Å². The molecule has 3 aromatic rings. The summed E-state index contributed by atoms with van der Waals surface area (Å²) in [6.45, 7) is 1.86. The SMILES string of the molecule is Cc1ccc(C(=O)NC2CC2)cc1NC(=O)c1cc(=O)[nH]c2ccccc12. The second-order valence-corrected chi connectivity index (χ2v) is 6.82. The number of amides is 2. The van der Waals surface area contributed by atoms with Crippen LogP contribution < -0.4 is 16.2 Å². The van der Waals surface area contributed by atoms with Crippen LogP contribution in [0.4, 0.5) is 5.69 Å². The third-order valence-electron chi connectivity index (χ3n) is 4.66. The molecule has 6 heteroatoms. The average Bonchev–Trinajstić information content (AvgIpc) is 3.46. The molecule has 1 aromatic heterocycles. The van der Waals surface area contributed by atoms with Gasteiger partial charge in [-0.15, -0.1) is 0 Å². The third kappa shape index (κ3) is 3.60. The minimum absolute atomic E-state index is 0.144. The summed E-state index contributed by atoms with van der Waals surface area (Å²) in [7, 11) is 0. The molecule has 3 N–H and O–H groups in total. The summed E-state index contributed by atoms with van der Waals surface area (Å²) in [6, 6.07) is 13.9. The number of hydrogen-bond acceptors (Lipinski definition) is 3. The van der Waals surface area contributed by atoms with Crippen molar-refractivity contribution in [1.82, 2.24) is 10.3 Å². The number of para-hydroxylation sites is 1. The van der Waals surface area contributed by atoms with Gasteiger partial charge in [-0.2, -0.15) is 0 Å².